The molecule has 0 aromatic heterocycles. The van der Waals surface area contributed by atoms with Gasteiger partial charge in [0, 0.05) is 13.2 Å². The Morgan fingerprint density at radius 3 is 2.56 bits per heavy atom. The fourth-order valence-corrected chi connectivity index (χ4v) is 2.17. The summed E-state index contributed by atoms with van der Waals surface area (Å²) < 4.78 is 10.6. The fraction of sp³-hybridized carbons (Fsp3) is 0.917. The van der Waals surface area contributed by atoms with Gasteiger partial charge in [-0.3, -0.25) is 4.79 Å². The van der Waals surface area contributed by atoms with E-state index in [1.807, 2.05) is 13.8 Å². The summed E-state index contributed by atoms with van der Waals surface area (Å²) in [6, 6.07) is 0. The molecule has 4 nitrogen and oxygen atoms in total. The minimum absolute atomic E-state index is 0.139. The lowest BCUT2D eigenvalue weighted by Crippen LogP contribution is -2.39. The maximum atomic E-state index is 12.0. The van der Waals surface area contributed by atoms with Gasteiger partial charge in [-0.15, -0.1) is 0 Å². The van der Waals surface area contributed by atoms with E-state index < -0.39 is 5.41 Å². The Bertz CT molecular complexity index is 224. The molecule has 2 N–H and O–H groups in total. The first kappa shape index (κ1) is 13.5. The number of nitrogens with two attached hydrogens (primary N) is 1. The normalized spacial score (nSPS) is 20.7. The Morgan fingerprint density at radius 2 is 2.06 bits per heavy atom. The van der Waals surface area contributed by atoms with E-state index in [9.17, 15) is 4.79 Å². The molecule has 0 heterocycles. The standard InChI is InChI=1S/C12H23NO3/c1-3-15-8-10(2)16-11(14)12(9-13)6-4-5-7-12/h10H,3-9,13H2,1-2H3. The lowest BCUT2D eigenvalue weighted by molar-refractivity contribution is -0.162. The zero-order valence-electron chi connectivity index (χ0n) is 10.3. The molecule has 94 valence electrons. The summed E-state index contributed by atoms with van der Waals surface area (Å²) in [5.74, 6) is -0.139. The van der Waals surface area contributed by atoms with Gasteiger partial charge in [0.25, 0.3) is 0 Å². The summed E-state index contributed by atoms with van der Waals surface area (Å²) in [6.45, 7) is 5.28. The number of ether oxygens (including phenoxy) is 2. The van der Waals surface area contributed by atoms with Crippen LogP contribution in [0.4, 0.5) is 0 Å². The highest BCUT2D eigenvalue weighted by molar-refractivity contribution is 5.77. The van der Waals surface area contributed by atoms with Crippen molar-refractivity contribution in [3.05, 3.63) is 0 Å². The van der Waals surface area contributed by atoms with Crippen molar-refractivity contribution in [2.24, 2.45) is 11.1 Å². The van der Waals surface area contributed by atoms with Crippen LogP contribution in [0.25, 0.3) is 0 Å². The smallest absolute Gasteiger partial charge is 0.313 e. The van der Waals surface area contributed by atoms with Crippen LogP contribution in [0.3, 0.4) is 0 Å². The first-order valence-corrected chi connectivity index (χ1v) is 6.13. The second-order valence-electron chi connectivity index (χ2n) is 4.57. The van der Waals surface area contributed by atoms with Crippen molar-refractivity contribution in [2.75, 3.05) is 19.8 Å². The molecule has 0 spiro atoms. The minimum atomic E-state index is -0.416. The van der Waals surface area contributed by atoms with Crippen molar-refractivity contribution in [1.82, 2.24) is 0 Å². The van der Waals surface area contributed by atoms with Crippen LogP contribution >= 0.6 is 0 Å². The van der Waals surface area contributed by atoms with Gasteiger partial charge in [0.05, 0.1) is 12.0 Å². The van der Waals surface area contributed by atoms with Crippen LogP contribution < -0.4 is 5.73 Å². The largest absolute Gasteiger partial charge is 0.460 e. The quantitative estimate of drug-likeness (QED) is 0.701. The summed E-state index contributed by atoms with van der Waals surface area (Å²) in [7, 11) is 0. The first-order valence-electron chi connectivity index (χ1n) is 6.13. The molecule has 1 aliphatic rings. The van der Waals surface area contributed by atoms with Crippen LogP contribution in [0.5, 0.6) is 0 Å². The highest BCUT2D eigenvalue weighted by atomic mass is 16.6. The van der Waals surface area contributed by atoms with Crippen molar-refractivity contribution in [3.8, 4) is 0 Å². The molecule has 0 amide bonds. The van der Waals surface area contributed by atoms with E-state index in [4.69, 9.17) is 15.2 Å². The van der Waals surface area contributed by atoms with Gasteiger partial charge < -0.3 is 15.2 Å². The molecule has 0 aliphatic heterocycles. The van der Waals surface area contributed by atoms with E-state index in [2.05, 4.69) is 0 Å². The summed E-state index contributed by atoms with van der Waals surface area (Å²) in [5, 5.41) is 0. The van der Waals surface area contributed by atoms with Crippen LogP contribution in [0.2, 0.25) is 0 Å². The van der Waals surface area contributed by atoms with Crippen LogP contribution in [0, 0.1) is 5.41 Å². The van der Waals surface area contributed by atoms with Gasteiger partial charge >= 0.3 is 5.97 Å². The summed E-state index contributed by atoms with van der Waals surface area (Å²) >= 11 is 0. The number of esters is 1. The molecule has 1 saturated carbocycles. The number of carbonyl (C=O) groups excluding carboxylic acids is 1. The summed E-state index contributed by atoms with van der Waals surface area (Å²) in [6.07, 6.45) is 3.70. The van der Waals surface area contributed by atoms with E-state index >= 15 is 0 Å². The van der Waals surface area contributed by atoms with E-state index in [1.165, 1.54) is 0 Å². The van der Waals surface area contributed by atoms with E-state index in [0.29, 0.717) is 19.8 Å². The van der Waals surface area contributed by atoms with Crippen LogP contribution in [0.15, 0.2) is 0 Å². The molecule has 0 saturated heterocycles. The Balaban J connectivity index is 2.43. The first-order chi connectivity index (χ1) is 7.64. The molecule has 0 radical (unpaired) electrons. The number of rotatable bonds is 6. The Kier molecular flexibility index (Phi) is 5.22. The van der Waals surface area contributed by atoms with E-state index in [-0.39, 0.29) is 12.1 Å². The second kappa shape index (κ2) is 6.21. The van der Waals surface area contributed by atoms with Crippen molar-refractivity contribution < 1.29 is 14.3 Å². The maximum Gasteiger partial charge on any atom is 0.313 e. The van der Waals surface area contributed by atoms with Gasteiger partial charge in [-0.1, -0.05) is 12.8 Å². The molecular formula is C12H23NO3. The molecule has 1 atom stereocenters. The SMILES string of the molecule is CCOCC(C)OC(=O)C1(CN)CCCC1. The van der Waals surface area contributed by atoms with Gasteiger partial charge in [0.1, 0.15) is 6.10 Å². The molecule has 1 fully saturated rings. The van der Waals surface area contributed by atoms with Crippen molar-refractivity contribution in [3.63, 3.8) is 0 Å². The molecule has 1 rings (SSSR count). The zero-order chi connectivity index (χ0) is 12.0. The summed E-state index contributed by atoms with van der Waals surface area (Å²) in [5.41, 5.74) is 5.30. The highest BCUT2D eigenvalue weighted by Gasteiger charge is 2.41. The van der Waals surface area contributed by atoms with Crippen molar-refractivity contribution >= 4 is 5.97 Å². The minimum Gasteiger partial charge on any atom is -0.460 e. The second-order valence-corrected chi connectivity index (χ2v) is 4.57. The zero-order valence-corrected chi connectivity index (χ0v) is 10.3. The monoisotopic (exact) mass is 229 g/mol. The van der Waals surface area contributed by atoms with Crippen LogP contribution in [-0.4, -0.2) is 31.8 Å². The van der Waals surface area contributed by atoms with E-state index in [1.54, 1.807) is 0 Å². The lowest BCUT2D eigenvalue weighted by atomic mass is 9.86. The molecule has 4 heteroatoms. The maximum absolute atomic E-state index is 12.0. The highest BCUT2D eigenvalue weighted by Crippen LogP contribution is 2.38. The van der Waals surface area contributed by atoms with Crippen molar-refractivity contribution in [1.29, 1.82) is 0 Å². The van der Waals surface area contributed by atoms with Gasteiger partial charge in [0.2, 0.25) is 0 Å². The fourth-order valence-electron chi connectivity index (χ4n) is 2.17. The van der Waals surface area contributed by atoms with Gasteiger partial charge in [0.15, 0.2) is 0 Å². The molecule has 16 heavy (non-hydrogen) atoms. The Labute approximate surface area is 97.5 Å². The average Bonchev–Trinajstić information content (AvgIpc) is 2.76. The third-order valence-electron chi connectivity index (χ3n) is 3.25. The Hall–Kier alpha value is -0.610. The number of hydrogen-bond donors (Lipinski definition) is 1. The lowest BCUT2D eigenvalue weighted by Gasteiger charge is -2.26. The molecule has 1 unspecified atom stereocenters. The average molecular weight is 229 g/mol. The molecule has 1 aliphatic carbocycles. The topological polar surface area (TPSA) is 61.5 Å². The van der Waals surface area contributed by atoms with E-state index in [0.717, 1.165) is 25.7 Å². The van der Waals surface area contributed by atoms with Crippen LogP contribution in [0.1, 0.15) is 39.5 Å². The van der Waals surface area contributed by atoms with Crippen LogP contribution in [-0.2, 0) is 14.3 Å². The molecule has 0 aromatic carbocycles. The third-order valence-corrected chi connectivity index (χ3v) is 3.25. The van der Waals surface area contributed by atoms with Gasteiger partial charge in [-0.05, 0) is 26.7 Å². The Morgan fingerprint density at radius 1 is 1.44 bits per heavy atom. The molecular weight excluding hydrogens is 206 g/mol. The predicted octanol–water partition coefficient (Wildman–Crippen LogP) is 1.47. The summed E-state index contributed by atoms with van der Waals surface area (Å²) in [4.78, 5) is 12.0. The molecule has 0 aromatic rings. The van der Waals surface area contributed by atoms with Gasteiger partial charge in [-0.2, -0.15) is 0 Å². The van der Waals surface area contributed by atoms with Crippen molar-refractivity contribution in [2.45, 2.75) is 45.6 Å². The predicted molar refractivity (Wildman–Crippen MR) is 62.0 cm³/mol. The number of hydrogen-bond acceptors (Lipinski definition) is 4. The molecule has 0 bridgehead atoms. The van der Waals surface area contributed by atoms with Gasteiger partial charge in [-0.25, -0.2) is 0 Å². The number of carbonyl (C=O) groups is 1. The third kappa shape index (κ3) is 3.19.